The van der Waals surface area contributed by atoms with Crippen LogP contribution in [0.25, 0.3) is 0 Å². The molecule has 1 heterocycles. The van der Waals surface area contributed by atoms with Gasteiger partial charge in [-0.05, 0) is 12.1 Å². The quantitative estimate of drug-likeness (QED) is 0.776. The highest BCUT2D eigenvalue weighted by atomic mass is 79.9. The van der Waals surface area contributed by atoms with Crippen LogP contribution in [0.15, 0.2) is 22.7 Å². The van der Waals surface area contributed by atoms with Gasteiger partial charge >= 0.3 is 0 Å². The van der Waals surface area contributed by atoms with Gasteiger partial charge in [-0.1, -0.05) is 22.0 Å². The van der Waals surface area contributed by atoms with Gasteiger partial charge in [-0.25, -0.2) is 0 Å². The van der Waals surface area contributed by atoms with Crippen molar-refractivity contribution >= 4 is 22.3 Å². The third kappa shape index (κ3) is 2.84. The van der Waals surface area contributed by atoms with E-state index in [0.717, 1.165) is 36.3 Å². The van der Waals surface area contributed by atoms with E-state index in [1.807, 2.05) is 19.2 Å². The lowest BCUT2D eigenvalue weighted by Crippen LogP contribution is -2.57. The smallest absolute Gasteiger partial charge is 0.209 e. The van der Waals surface area contributed by atoms with Crippen molar-refractivity contribution in [2.45, 2.75) is 12.6 Å². The van der Waals surface area contributed by atoms with Gasteiger partial charge in [0.2, 0.25) is 6.41 Å². The number of halogens is 1. The third-order valence-corrected chi connectivity index (χ3v) is 3.82. The standard InChI is InChI=1S/C13H17BrN2O2/c1-15(9-17)12-7-16(8-12)6-10-3-4-11(14)5-13(10)18-2/h3-5,9,12H,6-8H2,1-2H3. The normalized spacial score (nSPS) is 16.2. The number of likely N-dealkylation sites (tertiary alicyclic amines) is 1. The first-order valence-corrected chi connectivity index (χ1v) is 6.65. The number of rotatable bonds is 5. The third-order valence-electron chi connectivity index (χ3n) is 3.32. The second-order valence-electron chi connectivity index (χ2n) is 4.57. The Morgan fingerprint density at radius 2 is 2.28 bits per heavy atom. The molecular weight excluding hydrogens is 296 g/mol. The molecule has 5 heteroatoms. The monoisotopic (exact) mass is 312 g/mol. The SMILES string of the molecule is COc1cc(Br)ccc1CN1CC(N(C)C=O)C1. The van der Waals surface area contributed by atoms with E-state index in [1.54, 1.807) is 12.0 Å². The van der Waals surface area contributed by atoms with Crippen molar-refractivity contribution in [3.63, 3.8) is 0 Å². The molecule has 2 rings (SSSR count). The molecule has 18 heavy (non-hydrogen) atoms. The molecule has 1 aliphatic rings. The van der Waals surface area contributed by atoms with Gasteiger partial charge in [-0.15, -0.1) is 0 Å². The predicted molar refractivity (Wildman–Crippen MR) is 73.6 cm³/mol. The van der Waals surface area contributed by atoms with Crippen LogP contribution in [0.5, 0.6) is 5.75 Å². The summed E-state index contributed by atoms with van der Waals surface area (Å²) in [5.41, 5.74) is 1.17. The number of likely N-dealkylation sites (N-methyl/N-ethyl adjacent to an activating group) is 1. The number of methoxy groups -OCH3 is 1. The van der Waals surface area contributed by atoms with Crippen LogP contribution in [0.3, 0.4) is 0 Å². The summed E-state index contributed by atoms with van der Waals surface area (Å²) >= 11 is 3.43. The Balaban J connectivity index is 1.94. The fourth-order valence-electron chi connectivity index (χ4n) is 2.11. The average molecular weight is 313 g/mol. The largest absolute Gasteiger partial charge is 0.496 e. The Bertz CT molecular complexity index is 433. The average Bonchev–Trinajstić information content (AvgIpc) is 2.33. The molecule has 0 saturated carbocycles. The zero-order chi connectivity index (χ0) is 13.1. The molecule has 4 nitrogen and oxygen atoms in total. The highest BCUT2D eigenvalue weighted by Crippen LogP contribution is 2.26. The van der Waals surface area contributed by atoms with E-state index in [1.165, 1.54) is 5.56 Å². The zero-order valence-electron chi connectivity index (χ0n) is 10.6. The highest BCUT2D eigenvalue weighted by Gasteiger charge is 2.29. The Hall–Kier alpha value is -1.07. The highest BCUT2D eigenvalue weighted by molar-refractivity contribution is 9.10. The summed E-state index contributed by atoms with van der Waals surface area (Å²) in [4.78, 5) is 14.7. The number of hydrogen-bond donors (Lipinski definition) is 0. The van der Waals surface area contributed by atoms with Crippen LogP contribution in [0.2, 0.25) is 0 Å². The molecule has 0 unspecified atom stereocenters. The van der Waals surface area contributed by atoms with Crippen molar-refractivity contribution in [2.24, 2.45) is 0 Å². The van der Waals surface area contributed by atoms with Crippen molar-refractivity contribution in [1.82, 2.24) is 9.80 Å². The number of ether oxygens (including phenoxy) is 1. The maximum Gasteiger partial charge on any atom is 0.209 e. The summed E-state index contributed by atoms with van der Waals surface area (Å²) < 4.78 is 6.39. The summed E-state index contributed by atoms with van der Waals surface area (Å²) in [6.45, 7) is 2.71. The first kappa shape index (κ1) is 13.4. The van der Waals surface area contributed by atoms with Gasteiger partial charge < -0.3 is 9.64 Å². The van der Waals surface area contributed by atoms with Gasteiger partial charge in [0.1, 0.15) is 5.75 Å². The number of carbonyl (C=O) groups excluding carboxylic acids is 1. The molecule has 0 bridgehead atoms. The Labute approximate surface area is 116 Å². The maximum atomic E-state index is 10.6. The molecule has 0 spiro atoms. The minimum Gasteiger partial charge on any atom is -0.496 e. The lowest BCUT2D eigenvalue weighted by atomic mass is 10.1. The van der Waals surface area contributed by atoms with Crippen LogP contribution in [0.4, 0.5) is 0 Å². The van der Waals surface area contributed by atoms with Crippen LogP contribution in [0.1, 0.15) is 5.56 Å². The fraction of sp³-hybridized carbons (Fsp3) is 0.462. The Morgan fingerprint density at radius 1 is 1.56 bits per heavy atom. The van der Waals surface area contributed by atoms with E-state index in [9.17, 15) is 4.79 Å². The van der Waals surface area contributed by atoms with Crippen molar-refractivity contribution in [2.75, 3.05) is 27.2 Å². The van der Waals surface area contributed by atoms with Gasteiger partial charge in [0.05, 0.1) is 13.2 Å². The second-order valence-corrected chi connectivity index (χ2v) is 5.49. The summed E-state index contributed by atoms with van der Waals surface area (Å²) in [6.07, 6.45) is 0.891. The molecule has 1 aromatic carbocycles. The van der Waals surface area contributed by atoms with E-state index in [4.69, 9.17) is 4.74 Å². The molecule has 1 saturated heterocycles. The van der Waals surface area contributed by atoms with Gasteiger partial charge in [0.25, 0.3) is 0 Å². The summed E-state index contributed by atoms with van der Waals surface area (Å²) in [7, 11) is 3.51. The minimum atomic E-state index is 0.351. The van der Waals surface area contributed by atoms with Gasteiger partial charge in [0, 0.05) is 36.7 Å². The molecule has 0 aliphatic carbocycles. The number of carbonyl (C=O) groups is 1. The Kier molecular flexibility index (Phi) is 4.24. The van der Waals surface area contributed by atoms with E-state index in [-0.39, 0.29) is 0 Å². The van der Waals surface area contributed by atoms with Crippen molar-refractivity contribution < 1.29 is 9.53 Å². The van der Waals surface area contributed by atoms with Gasteiger partial charge in [0.15, 0.2) is 0 Å². The molecule has 0 aromatic heterocycles. The first-order valence-electron chi connectivity index (χ1n) is 5.86. The summed E-state index contributed by atoms with van der Waals surface area (Å²) in [6, 6.07) is 6.42. The Morgan fingerprint density at radius 3 is 2.89 bits per heavy atom. The van der Waals surface area contributed by atoms with Crippen LogP contribution in [-0.4, -0.2) is 49.5 Å². The first-order chi connectivity index (χ1) is 8.63. The predicted octanol–water partition coefficient (Wildman–Crippen LogP) is 1.73. The number of amides is 1. The van der Waals surface area contributed by atoms with Crippen LogP contribution in [0, 0.1) is 0 Å². The van der Waals surface area contributed by atoms with Crippen LogP contribution >= 0.6 is 15.9 Å². The number of nitrogens with zero attached hydrogens (tertiary/aromatic N) is 2. The second kappa shape index (κ2) is 5.71. The van der Waals surface area contributed by atoms with Crippen LogP contribution in [-0.2, 0) is 11.3 Å². The molecule has 1 fully saturated rings. The van der Waals surface area contributed by atoms with Crippen molar-refractivity contribution in [1.29, 1.82) is 0 Å². The van der Waals surface area contributed by atoms with Crippen molar-refractivity contribution in [3.05, 3.63) is 28.2 Å². The van der Waals surface area contributed by atoms with E-state index < -0.39 is 0 Å². The maximum absolute atomic E-state index is 10.6. The molecule has 0 atom stereocenters. The van der Waals surface area contributed by atoms with Crippen LogP contribution < -0.4 is 4.74 Å². The molecule has 0 radical (unpaired) electrons. The van der Waals surface area contributed by atoms with Crippen molar-refractivity contribution in [3.8, 4) is 5.75 Å². The number of benzene rings is 1. The van der Waals surface area contributed by atoms with E-state index in [0.29, 0.717) is 6.04 Å². The minimum absolute atomic E-state index is 0.351. The lowest BCUT2D eigenvalue weighted by molar-refractivity contribution is -0.122. The topological polar surface area (TPSA) is 32.8 Å². The number of hydrogen-bond acceptors (Lipinski definition) is 3. The molecular formula is C13H17BrN2O2. The molecule has 1 amide bonds. The van der Waals surface area contributed by atoms with E-state index >= 15 is 0 Å². The fourth-order valence-corrected chi connectivity index (χ4v) is 2.45. The zero-order valence-corrected chi connectivity index (χ0v) is 12.2. The molecule has 1 aliphatic heterocycles. The summed E-state index contributed by atoms with van der Waals surface area (Å²) in [5.74, 6) is 0.900. The molecule has 0 N–H and O–H groups in total. The van der Waals surface area contributed by atoms with Gasteiger partial charge in [-0.3, -0.25) is 9.69 Å². The van der Waals surface area contributed by atoms with Gasteiger partial charge in [-0.2, -0.15) is 0 Å². The molecule has 1 aromatic rings. The van der Waals surface area contributed by atoms with E-state index in [2.05, 4.69) is 26.9 Å². The molecule has 98 valence electrons. The summed E-state index contributed by atoms with van der Waals surface area (Å²) in [5, 5.41) is 0. The lowest BCUT2D eigenvalue weighted by Gasteiger charge is -2.42.